The van der Waals surface area contributed by atoms with Crippen LogP contribution < -0.4 is 16.2 Å². The Hall–Kier alpha value is -1.22. The molecule has 0 aromatic heterocycles. The molecule has 1 aromatic rings. The van der Waals surface area contributed by atoms with Crippen LogP contribution in [0.2, 0.25) is 5.02 Å². The first kappa shape index (κ1) is 16.8. The Morgan fingerprint density at radius 1 is 1.35 bits per heavy atom. The van der Waals surface area contributed by atoms with Gasteiger partial charge in [-0.3, -0.25) is 4.79 Å². The Bertz CT molecular complexity index is 632. The summed E-state index contributed by atoms with van der Waals surface area (Å²) in [5, 5.41) is 0.164. The number of thiocarbonyl (C=S) groups is 1. The van der Waals surface area contributed by atoms with Crippen molar-refractivity contribution in [3.8, 4) is 0 Å². The molecule has 20 heavy (non-hydrogen) atoms. The van der Waals surface area contributed by atoms with E-state index < -0.39 is 15.9 Å². The second-order valence-electron chi connectivity index (χ2n) is 3.97. The molecule has 6 nitrogen and oxygen atoms in total. The van der Waals surface area contributed by atoms with Gasteiger partial charge < -0.3 is 11.5 Å². The van der Waals surface area contributed by atoms with Crippen LogP contribution in [-0.2, 0) is 14.8 Å². The number of halogens is 1. The Balaban J connectivity index is 2.80. The van der Waals surface area contributed by atoms with Crippen molar-refractivity contribution in [1.29, 1.82) is 0 Å². The SMILES string of the molecule is NC(=O)CCCNS(=O)(=O)c1ccc(C(N)=S)c(Cl)c1. The molecule has 9 heteroatoms. The Morgan fingerprint density at radius 3 is 2.50 bits per heavy atom. The van der Waals surface area contributed by atoms with Crippen molar-refractivity contribution in [2.75, 3.05) is 6.54 Å². The van der Waals surface area contributed by atoms with Crippen LogP contribution in [0.15, 0.2) is 23.1 Å². The van der Waals surface area contributed by atoms with Crippen molar-refractivity contribution in [1.82, 2.24) is 4.72 Å². The fraction of sp³-hybridized carbons (Fsp3) is 0.273. The van der Waals surface area contributed by atoms with E-state index in [2.05, 4.69) is 4.72 Å². The third kappa shape index (κ3) is 4.71. The quantitative estimate of drug-likeness (QED) is 0.496. The van der Waals surface area contributed by atoms with Crippen molar-refractivity contribution in [3.63, 3.8) is 0 Å². The molecular formula is C11H14ClN3O3S2. The maximum absolute atomic E-state index is 12.0. The number of nitrogens with one attached hydrogen (secondary N) is 1. The minimum atomic E-state index is -3.69. The summed E-state index contributed by atoms with van der Waals surface area (Å²) < 4.78 is 26.3. The smallest absolute Gasteiger partial charge is 0.240 e. The Labute approximate surface area is 127 Å². The van der Waals surface area contributed by atoms with Crippen molar-refractivity contribution in [3.05, 3.63) is 28.8 Å². The second kappa shape index (κ2) is 6.98. The van der Waals surface area contributed by atoms with Gasteiger partial charge in [-0.15, -0.1) is 0 Å². The lowest BCUT2D eigenvalue weighted by Crippen LogP contribution is -2.26. The van der Waals surface area contributed by atoms with Crippen molar-refractivity contribution in [2.24, 2.45) is 11.5 Å². The molecule has 1 aromatic carbocycles. The molecule has 1 rings (SSSR count). The van der Waals surface area contributed by atoms with Gasteiger partial charge in [0, 0.05) is 18.5 Å². The number of sulfonamides is 1. The van der Waals surface area contributed by atoms with Gasteiger partial charge in [0.05, 0.1) is 9.92 Å². The first-order chi connectivity index (χ1) is 9.24. The molecule has 0 aliphatic heterocycles. The van der Waals surface area contributed by atoms with Gasteiger partial charge in [0.1, 0.15) is 4.99 Å². The molecule has 1 amide bonds. The van der Waals surface area contributed by atoms with E-state index in [9.17, 15) is 13.2 Å². The van der Waals surface area contributed by atoms with Crippen LogP contribution in [0, 0.1) is 0 Å². The molecule has 0 saturated heterocycles. The van der Waals surface area contributed by atoms with E-state index in [-0.39, 0.29) is 27.9 Å². The molecule has 5 N–H and O–H groups in total. The van der Waals surface area contributed by atoms with Crippen LogP contribution in [0.4, 0.5) is 0 Å². The fourth-order valence-electron chi connectivity index (χ4n) is 1.42. The first-order valence-electron chi connectivity index (χ1n) is 5.61. The van der Waals surface area contributed by atoms with Crippen molar-refractivity contribution >= 4 is 44.7 Å². The molecule has 0 heterocycles. The largest absolute Gasteiger partial charge is 0.389 e. The number of rotatable bonds is 7. The highest BCUT2D eigenvalue weighted by Gasteiger charge is 2.15. The summed E-state index contributed by atoms with van der Waals surface area (Å²) in [5.41, 5.74) is 10.8. The standard InChI is InChI=1S/C11H14ClN3O3S2/c12-9-6-7(3-4-8(9)11(14)19)20(17,18)15-5-1-2-10(13)16/h3-4,6,15H,1-2,5H2,(H2,13,16)(H2,14,19). The van der Waals surface area contributed by atoms with E-state index in [4.69, 9.17) is 35.3 Å². The maximum Gasteiger partial charge on any atom is 0.240 e. The molecule has 0 bridgehead atoms. The van der Waals surface area contributed by atoms with Crippen LogP contribution in [0.3, 0.4) is 0 Å². The molecular weight excluding hydrogens is 322 g/mol. The van der Waals surface area contributed by atoms with Crippen LogP contribution >= 0.6 is 23.8 Å². The zero-order chi connectivity index (χ0) is 15.3. The third-order valence-electron chi connectivity index (χ3n) is 2.41. The molecule has 0 saturated carbocycles. The predicted octanol–water partition coefficient (Wildman–Crippen LogP) is 0.518. The fourth-order valence-corrected chi connectivity index (χ4v) is 3.10. The van der Waals surface area contributed by atoms with Gasteiger partial charge in [-0.1, -0.05) is 23.8 Å². The van der Waals surface area contributed by atoms with Gasteiger partial charge in [0.2, 0.25) is 15.9 Å². The first-order valence-corrected chi connectivity index (χ1v) is 7.88. The lowest BCUT2D eigenvalue weighted by atomic mass is 10.2. The van der Waals surface area contributed by atoms with Gasteiger partial charge >= 0.3 is 0 Å². The number of nitrogens with two attached hydrogens (primary N) is 2. The molecule has 110 valence electrons. The van der Waals surface area contributed by atoms with E-state index in [1.165, 1.54) is 18.2 Å². The monoisotopic (exact) mass is 335 g/mol. The highest BCUT2D eigenvalue weighted by Crippen LogP contribution is 2.20. The van der Waals surface area contributed by atoms with Gasteiger partial charge in [0.15, 0.2) is 0 Å². The number of carbonyl (C=O) groups excluding carboxylic acids is 1. The number of hydrogen-bond acceptors (Lipinski definition) is 4. The Kier molecular flexibility index (Phi) is 5.88. The topological polar surface area (TPSA) is 115 Å². The van der Waals surface area contributed by atoms with Crippen LogP contribution in [0.5, 0.6) is 0 Å². The average molecular weight is 336 g/mol. The molecule has 0 spiro atoms. The molecule has 0 aliphatic rings. The average Bonchev–Trinajstić information content (AvgIpc) is 2.34. The van der Waals surface area contributed by atoms with Gasteiger partial charge in [-0.25, -0.2) is 13.1 Å². The normalized spacial score (nSPS) is 11.2. The van der Waals surface area contributed by atoms with Gasteiger partial charge in [-0.2, -0.15) is 0 Å². The van der Waals surface area contributed by atoms with E-state index in [0.29, 0.717) is 12.0 Å². The number of benzene rings is 1. The third-order valence-corrected chi connectivity index (χ3v) is 4.40. The highest BCUT2D eigenvalue weighted by atomic mass is 35.5. The summed E-state index contributed by atoms with van der Waals surface area (Å²) in [6, 6.07) is 4.08. The lowest BCUT2D eigenvalue weighted by molar-refractivity contribution is -0.118. The number of carbonyl (C=O) groups is 1. The molecule has 0 fully saturated rings. The van der Waals surface area contributed by atoms with E-state index >= 15 is 0 Å². The molecule has 0 radical (unpaired) electrons. The molecule has 0 aliphatic carbocycles. The molecule has 0 unspecified atom stereocenters. The number of amides is 1. The van der Waals surface area contributed by atoms with Crippen molar-refractivity contribution in [2.45, 2.75) is 17.7 Å². The van der Waals surface area contributed by atoms with E-state index in [1.54, 1.807) is 0 Å². The van der Waals surface area contributed by atoms with E-state index in [0.717, 1.165) is 0 Å². The maximum atomic E-state index is 12.0. The predicted molar refractivity (Wildman–Crippen MR) is 81.0 cm³/mol. The van der Waals surface area contributed by atoms with Gasteiger partial charge in [-0.05, 0) is 24.6 Å². The summed E-state index contributed by atoms with van der Waals surface area (Å²) in [4.78, 5) is 10.6. The summed E-state index contributed by atoms with van der Waals surface area (Å²) in [7, 11) is -3.69. The van der Waals surface area contributed by atoms with E-state index in [1.807, 2.05) is 0 Å². The minimum absolute atomic E-state index is 0.00146. The Morgan fingerprint density at radius 2 is 2.00 bits per heavy atom. The zero-order valence-electron chi connectivity index (χ0n) is 10.4. The number of primary amides is 1. The van der Waals surface area contributed by atoms with Crippen molar-refractivity contribution < 1.29 is 13.2 Å². The highest BCUT2D eigenvalue weighted by molar-refractivity contribution is 7.89. The minimum Gasteiger partial charge on any atom is -0.389 e. The molecule has 0 atom stereocenters. The summed E-state index contributed by atoms with van der Waals surface area (Å²) in [6.45, 7) is 0.111. The summed E-state index contributed by atoms with van der Waals surface area (Å²) >= 11 is 10.7. The summed E-state index contributed by atoms with van der Waals surface area (Å²) in [5.74, 6) is -0.479. The second-order valence-corrected chi connectivity index (χ2v) is 6.59. The van der Waals surface area contributed by atoms with Crippen LogP contribution in [0.25, 0.3) is 0 Å². The van der Waals surface area contributed by atoms with Crippen LogP contribution in [-0.4, -0.2) is 25.9 Å². The van der Waals surface area contributed by atoms with Crippen LogP contribution in [0.1, 0.15) is 18.4 Å². The lowest BCUT2D eigenvalue weighted by Gasteiger charge is -2.08. The van der Waals surface area contributed by atoms with Gasteiger partial charge in [0.25, 0.3) is 0 Å². The number of hydrogen-bond donors (Lipinski definition) is 3. The zero-order valence-corrected chi connectivity index (χ0v) is 12.8. The summed E-state index contributed by atoms with van der Waals surface area (Å²) in [6.07, 6.45) is 0.441.